The first-order chi connectivity index (χ1) is 8.44. The number of rotatable bonds is 3. The van der Waals surface area contributed by atoms with Crippen molar-refractivity contribution in [2.45, 2.75) is 31.9 Å². The third-order valence-electron chi connectivity index (χ3n) is 3.53. The fraction of sp³-hybridized carbons (Fsp3) is 0.462. The topological polar surface area (TPSA) is 58.6 Å². The van der Waals surface area contributed by atoms with Gasteiger partial charge in [-0.1, -0.05) is 6.07 Å². The van der Waals surface area contributed by atoms with E-state index in [1.165, 1.54) is 0 Å². The van der Waals surface area contributed by atoms with Gasteiger partial charge in [-0.25, -0.2) is 4.79 Å². The van der Waals surface area contributed by atoms with Crippen LogP contribution < -0.4 is 5.32 Å². The SMILES string of the molecule is CC1OCCC1(C)Nc1cccc(Br)c1C(=O)O. The van der Waals surface area contributed by atoms with Crippen LogP contribution in [0.2, 0.25) is 0 Å². The molecule has 1 aliphatic heterocycles. The van der Waals surface area contributed by atoms with Crippen molar-refractivity contribution in [3.05, 3.63) is 28.2 Å². The van der Waals surface area contributed by atoms with E-state index >= 15 is 0 Å². The lowest BCUT2D eigenvalue weighted by Gasteiger charge is -2.31. The Bertz CT molecular complexity index is 477. The van der Waals surface area contributed by atoms with Gasteiger partial charge in [-0.15, -0.1) is 0 Å². The highest BCUT2D eigenvalue weighted by atomic mass is 79.9. The van der Waals surface area contributed by atoms with Crippen LogP contribution in [0.4, 0.5) is 5.69 Å². The molecule has 1 heterocycles. The Morgan fingerprint density at radius 3 is 2.89 bits per heavy atom. The molecule has 1 fully saturated rings. The number of hydrogen-bond acceptors (Lipinski definition) is 3. The van der Waals surface area contributed by atoms with Crippen LogP contribution in [0.15, 0.2) is 22.7 Å². The zero-order valence-electron chi connectivity index (χ0n) is 10.4. The molecule has 2 unspecified atom stereocenters. The Balaban J connectivity index is 2.35. The minimum atomic E-state index is -0.944. The normalized spacial score (nSPS) is 27.2. The molecule has 5 heteroatoms. The molecule has 0 amide bonds. The van der Waals surface area contributed by atoms with Gasteiger partial charge in [0, 0.05) is 11.1 Å². The highest BCUT2D eigenvalue weighted by molar-refractivity contribution is 9.10. The second kappa shape index (κ2) is 4.90. The van der Waals surface area contributed by atoms with Gasteiger partial charge in [-0.2, -0.15) is 0 Å². The molecule has 1 aliphatic rings. The van der Waals surface area contributed by atoms with Crippen LogP contribution in [0.25, 0.3) is 0 Å². The van der Waals surface area contributed by atoms with Crippen molar-refractivity contribution in [1.29, 1.82) is 0 Å². The molecule has 0 aliphatic carbocycles. The van der Waals surface area contributed by atoms with E-state index in [1.807, 2.05) is 13.0 Å². The van der Waals surface area contributed by atoms with E-state index in [0.29, 0.717) is 16.8 Å². The summed E-state index contributed by atoms with van der Waals surface area (Å²) < 4.78 is 6.13. The largest absolute Gasteiger partial charge is 0.478 e. The molecule has 2 rings (SSSR count). The lowest BCUT2D eigenvalue weighted by molar-refractivity contribution is 0.0696. The van der Waals surface area contributed by atoms with E-state index in [2.05, 4.69) is 28.2 Å². The van der Waals surface area contributed by atoms with Crippen molar-refractivity contribution < 1.29 is 14.6 Å². The Hall–Kier alpha value is -1.07. The van der Waals surface area contributed by atoms with Gasteiger partial charge < -0.3 is 15.2 Å². The molecular weight excluding hydrogens is 298 g/mol. The van der Waals surface area contributed by atoms with Crippen molar-refractivity contribution in [2.75, 3.05) is 11.9 Å². The summed E-state index contributed by atoms with van der Waals surface area (Å²) in [5, 5.41) is 12.6. The fourth-order valence-corrected chi connectivity index (χ4v) is 2.69. The highest BCUT2D eigenvalue weighted by Gasteiger charge is 2.37. The zero-order chi connectivity index (χ0) is 13.3. The summed E-state index contributed by atoms with van der Waals surface area (Å²) in [6, 6.07) is 5.33. The smallest absolute Gasteiger partial charge is 0.338 e. The summed E-state index contributed by atoms with van der Waals surface area (Å²) >= 11 is 3.28. The number of hydrogen-bond donors (Lipinski definition) is 2. The molecule has 0 radical (unpaired) electrons. The van der Waals surface area contributed by atoms with E-state index < -0.39 is 5.97 Å². The molecule has 18 heavy (non-hydrogen) atoms. The molecule has 1 saturated heterocycles. The van der Waals surface area contributed by atoms with Gasteiger partial charge in [0.15, 0.2) is 0 Å². The molecule has 4 nitrogen and oxygen atoms in total. The molecular formula is C13H16BrNO3. The summed E-state index contributed by atoms with van der Waals surface area (Å²) in [7, 11) is 0. The summed E-state index contributed by atoms with van der Waals surface area (Å²) in [6.45, 7) is 4.75. The van der Waals surface area contributed by atoms with E-state index in [4.69, 9.17) is 4.74 Å². The zero-order valence-corrected chi connectivity index (χ0v) is 12.0. The number of halogens is 1. The molecule has 1 aromatic rings. The highest BCUT2D eigenvalue weighted by Crippen LogP contribution is 2.33. The van der Waals surface area contributed by atoms with Crippen LogP contribution >= 0.6 is 15.9 Å². The van der Waals surface area contributed by atoms with E-state index in [-0.39, 0.29) is 17.2 Å². The number of ether oxygens (including phenoxy) is 1. The average Bonchev–Trinajstić information content (AvgIpc) is 2.58. The van der Waals surface area contributed by atoms with Crippen molar-refractivity contribution >= 4 is 27.6 Å². The summed E-state index contributed by atoms with van der Waals surface area (Å²) in [5.74, 6) is -0.944. The van der Waals surface area contributed by atoms with Crippen LogP contribution in [0.3, 0.4) is 0 Å². The quantitative estimate of drug-likeness (QED) is 0.900. The third kappa shape index (κ3) is 2.37. The van der Waals surface area contributed by atoms with Gasteiger partial charge in [0.05, 0.1) is 22.9 Å². The van der Waals surface area contributed by atoms with Gasteiger partial charge >= 0.3 is 5.97 Å². The molecule has 98 valence electrons. The number of carboxylic acids is 1. The van der Waals surface area contributed by atoms with E-state index in [0.717, 1.165) is 6.42 Å². The first-order valence-corrected chi connectivity index (χ1v) is 6.65. The molecule has 0 saturated carbocycles. The Morgan fingerprint density at radius 2 is 2.33 bits per heavy atom. The first kappa shape index (κ1) is 13.4. The maximum Gasteiger partial charge on any atom is 0.338 e. The number of carboxylic acid groups (broad SMARTS) is 1. The Labute approximate surface area is 114 Å². The van der Waals surface area contributed by atoms with Gasteiger partial charge in [-0.3, -0.25) is 0 Å². The van der Waals surface area contributed by atoms with Gasteiger partial charge in [-0.05, 0) is 48.3 Å². The minimum Gasteiger partial charge on any atom is -0.478 e. The number of aromatic carboxylic acids is 1. The molecule has 2 atom stereocenters. The van der Waals surface area contributed by atoms with Crippen molar-refractivity contribution in [2.24, 2.45) is 0 Å². The summed E-state index contributed by atoms with van der Waals surface area (Å²) in [5.41, 5.74) is 0.653. The van der Waals surface area contributed by atoms with Gasteiger partial charge in [0.1, 0.15) is 0 Å². The van der Waals surface area contributed by atoms with Crippen LogP contribution in [-0.4, -0.2) is 29.3 Å². The van der Waals surface area contributed by atoms with E-state index in [1.54, 1.807) is 12.1 Å². The number of benzene rings is 1. The predicted octanol–water partition coefficient (Wildman–Crippen LogP) is 3.13. The lowest BCUT2D eigenvalue weighted by Crippen LogP contribution is -2.41. The third-order valence-corrected chi connectivity index (χ3v) is 4.20. The monoisotopic (exact) mass is 313 g/mol. The molecule has 0 spiro atoms. The van der Waals surface area contributed by atoms with Crippen molar-refractivity contribution in [3.8, 4) is 0 Å². The van der Waals surface area contributed by atoms with Gasteiger partial charge in [0.2, 0.25) is 0 Å². The molecule has 1 aromatic carbocycles. The first-order valence-electron chi connectivity index (χ1n) is 5.85. The van der Waals surface area contributed by atoms with Crippen LogP contribution in [-0.2, 0) is 4.74 Å². The standard InChI is InChI=1S/C13H16BrNO3/c1-8-13(2,6-7-18-8)15-10-5-3-4-9(14)11(10)12(16)17/h3-5,8,15H,6-7H2,1-2H3,(H,16,17). The Morgan fingerprint density at radius 1 is 1.61 bits per heavy atom. The maximum absolute atomic E-state index is 11.3. The second-order valence-corrected chi connectivity index (χ2v) is 5.63. The van der Waals surface area contributed by atoms with E-state index in [9.17, 15) is 9.90 Å². The molecule has 0 bridgehead atoms. The van der Waals surface area contributed by atoms with Crippen molar-refractivity contribution in [1.82, 2.24) is 0 Å². The minimum absolute atomic E-state index is 0.0538. The predicted molar refractivity (Wildman–Crippen MR) is 73.2 cm³/mol. The number of carbonyl (C=O) groups is 1. The molecule has 0 aromatic heterocycles. The Kier molecular flexibility index (Phi) is 3.64. The average molecular weight is 314 g/mol. The van der Waals surface area contributed by atoms with Crippen LogP contribution in [0.1, 0.15) is 30.6 Å². The maximum atomic E-state index is 11.3. The number of anilines is 1. The second-order valence-electron chi connectivity index (χ2n) is 4.77. The number of nitrogens with one attached hydrogen (secondary N) is 1. The fourth-order valence-electron chi connectivity index (χ4n) is 2.15. The van der Waals surface area contributed by atoms with Crippen LogP contribution in [0, 0.1) is 0 Å². The van der Waals surface area contributed by atoms with Crippen LogP contribution in [0.5, 0.6) is 0 Å². The van der Waals surface area contributed by atoms with Crippen molar-refractivity contribution in [3.63, 3.8) is 0 Å². The van der Waals surface area contributed by atoms with Gasteiger partial charge in [0.25, 0.3) is 0 Å². The lowest BCUT2D eigenvalue weighted by atomic mass is 9.93. The summed E-state index contributed by atoms with van der Waals surface area (Å²) in [6.07, 6.45) is 0.915. The summed E-state index contributed by atoms with van der Waals surface area (Å²) in [4.78, 5) is 11.3. The molecule has 2 N–H and O–H groups in total.